The van der Waals surface area contributed by atoms with Gasteiger partial charge in [-0.25, -0.2) is 8.88 Å². The highest BCUT2D eigenvalue weighted by atomic mass is 35.5. The second-order valence-corrected chi connectivity index (χ2v) is 4.50. The van der Waals surface area contributed by atoms with Gasteiger partial charge in [0.2, 0.25) is 5.43 Å². The molecule has 0 N–H and O–H groups in total. The maximum atomic E-state index is 12.0. The van der Waals surface area contributed by atoms with Crippen LogP contribution in [0.1, 0.15) is 6.92 Å². The summed E-state index contributed by atoms with van der Waals surface area (Å²) in [5.74, 6) is -0.0273. The summed E-state index contributed by atoms with van der Waals surface area (Å²) in [5.41, 5.74) is 0.754. The molecule has 0 fully saturated rings. The third-order valence-electron chi connectivity index (χ3n) is 2.85. The minimum absolute atomic E-state index is 0.222. The van der Waals surface area contributed by atoms with Gasteiger partial charge in [-0.3, -0.25) is 4.79 Å². The molecule has 0 saturated carbocycles. The highest BCUT2D eigenvalue weighted by molar-refractivity contribution is 6.17. The number of carbonyl (C=O) groups excluding carboxylic acids is 1. The lowest BCUT2D eigenvalue weighted by Gasteiger charge is -2.32. The molecule has 0 bridgehead atoms. The average molecular weight is 280 g/mol. The third kappa shape index (κ3) is 1.80. The molecule has 3 rings (SSSR count). The van der Waals surface area contributed by atoms with Gasteiger partial charge in [0.15, 0.2) is 11.5 Å². The van der Waals surface area contributed by atoms with Crippen LogP contribution in [0.25, 0.3) is 0 Å². The van der Waals surface area contributed by atoms with Crippen LogP contribution in [0.5, 0.6) is 0 Å². The topological polar surface area (TPSA) is 54.8 Å². The van der Waals surface area contributed by atoms with Crippen molar-refractivity contribution in [2.75, 3.05) is 16.5 Å². The second kappa shape index (κ2) is 4.17. The number of rotatable bonds is 1. The number of allylic oxidation sites excluding steroid dienone is 1. The van der Waals surface area contributed by atoms with Crippen molar-refractivity contribution in [1.29, 1.82) is 0 Å². The fourth-order valence-corrected chi connectivity index (χ4v) is 2.36. The molecule has 7 heteroatoms. The summed E-state index contributed by atoms with van der Waals surface area (Å²) in [6.45, 7) is 1.89. The molecule has 0 atom stereocenters. The van der Waals surface area contributed by atoms with E-state index in [1.807, 2.05) is 17.1 Å². The van der Waals surface area contributed by atoms with Crippen LogP contribution in [0.2, 0.25) is 0 Å². The van der Waals surface area contributed by atoms with Gasteiger partial charge in [-0.1, -0.05) is 6.08 Å². The number of hydroxylamine groups is 1. The fourth-order valence-electron chi connectivity index (χ4n) is 2.14. The van der Waals surface area contributed by atoms with Crippen molar-refractivity contribution in [3.05, 3.63) is 46.5 Å². The van der Waals surface area contributed by atoms with Gasteiger partial charge in [-0.05, 0) is 6.08 Å². The maximum Gasteiger partial charge on any atom is 0.329 e. The first-order valence-corrected chi connectivity index (χ1v) is 5.97. The molecule has 98 valence electrons. The van der Waals surface area contributed by atoms with Crippen LogP contribution in [-0.2, 0) is 9.63 Å². The van der Waals surface area contributed by atoms with E-state index in [1.54, 1.807) is 6.20 Å². The maximum absolute atomic E-state index is 12.0. The minimum Gasteiger partial charge on any atom is -0.337 e. The van der Waals surface area contributed by atoms with E-state index in [0.29, 0.717) is 12.4 Å². The summed E-state index contributed by atoms with van der Waals surface area (Å²) in [6.07, 6.45) is 6.86. The molecule has 3 heterocycles. The number of hydrogen-bond donors (Lipinski definition) is 0. The summed E-state index contributed by atoms with van der Waals surface area (Å²) in [7, 11) is 0. The molecular formula is C12H10ClN3O3. The van der Waals surface area contributed by atoms with Crippen LogP contribution in [0, 0.1) is 0 Å². The molecule has 19 heavy (non-hydrogen) atoms. The molecule has 0 amide bonds. The highest BCUT2D eigenvalue weighted by Gasteiger charge is 2.31. The molecule has 0 spiro atoms. The summed E-state index contributed by atoms with van der Waals surface area (Å²) in [4.78, 5) is 30.1. The molecule has 0 aromatic carbocycles. The van der Waals surface area contributed by atoms with Gasteiger partial charge in [0, 0.05) is 37.5 Å². The zero-order valence-electron chi connectivity index (χ0n) is 10.0. The summed E-state index contributed by atoms with van der Waals surface area (Å²) in [5, 5.41) is 1.17. The first-order chi connectivity index (χ1) is 9.08. The Morgan fingerprint density at radius 3 is 3.00 bits per heavy atom. The number of pyridine rings is 1. The molecule has 0 unspecified atom stereocenters. The molecule has 0 aliphatic carbocycles. The summed E-state index contributed by atoms with van der Waals surface area (Å²) < 4.78 is 1.31. The standard InChI is InChI=1S/C12H10ClN3O3/c1-8(17)19-16-7-9-3-2-5-14(9)12-11(16)10(18)4-6-15(12)13/h2-4,6-7H,5H2,1H3. The van der Waals surface area contributed by atoms with Gasteiger partial charge in [0.1, 0.15) is 0 Å². The van der Waals surface area contributed by atoms with E-state index < -0.39 is 5.97 Å². The lowest BCUT2D eigenvalue weighted by molar-refractivity contribution is -0.141. The zero-order valence-corrected chi connectivity index (χ0v) is 10.8. The molecule has 0 radical (unpaired) electrons. The van der Waals surface area contributed by atoms with Gasteiger partial charge in [0.05, 0.1) is 11.9 Å². The van der Waals surface area contributed by atoms with E-state index in [4.69, 9.17) is 16.6 Å². The van der Waals surface area contributed by atoms with Gasteiger partial charge < -0.3 is 9.74 Å². The van der Waals surface area contributed by atoms with Crippen molar-refractivity contribution in [2.24, 2.45) is 0 Å². The Morgan fingerprint density at radius 1 is 1.47 bits per heavy atom. The van der Waals surface area contributed by atoms with Crippen LogP contribution < -0.4 is 15.4 Å². The lowest BCUT2D eigenvalue weighted by Crippen LogP contribution is -2.36. The smallest absolute Gasteiger partial charge is 0.329 e. The number of halogens is 1. The minimum atomic E-state index is -0.511. The lowest BCUT2D eigenvalue weighted by atomic mass is 10.3. The van der Waals surface area contributed by atoms with E-state index >= 15 is 0 Å². The van der Waals surface area contributed by atoms with Crippen LogP contribution in [-0.4, -0.2) is 16.6 Å². The first kappa shape index (κ1) is 11.9. The van der Waals surface area contributed by atoms with E-state index in [-0.39, 0.29) is 11.1 Å². The molecule has 2 aliphatic heterocycles. The predicted octanol–water partition coefficient (Wildman–Crippen LogP) is 1.37. The Labute approximate surface area is 113 Å². The van der Waals surface area contributed by atoms with E-state index in [1.165, 1.54) is 28.3 Å². The second-order valence-electron chi connectivity index (χ2n) is 4.14. The van der Waals surface area contributed by atoms with Crippen LogP contribution in [0.3, 0.4) is 0 Å². The number of anilines is 2. The Morgan fingerprint density at radius 2 is 2.26 bits per heavy atom. The van der Waals surface area contributed by atoms with Crippen molar-refractivity contribution in [3.8, 4) is 0 Å². The van der Waals surface area contributed by atoms with Gasteiger partial charge in [-0.15, -0.1) is 0 Å². The molecule has 1 aromatic rings. The largest absolute Gasteiger partial charge is 0.337 e. The van der Waals surface area contributed by atoms with E-state index in [2.05, 4.69) is 0 Å². The molecule has 6 nitrogen and oxygen atoms in total. The Balaban J connectivity index is 2.21. The first-order valence-electron chi connectivity index (χ1n) is 5.63. The predicted molar refractivity (Wildman–Crippen MR) is 70.8 cm³/mol. The molecule has 0 saturated heterocycles. The number of fused-ring (bicyclic) bond motifs is 3. The number of nitrogens with zero attached hydrogens (tertiary/aromatic N) is 3. The highest BCUT2D eigenvalue weighted by Crippen LogP contribution is 2.36. The van der Waals surface area contributed by atoms with Gasteiger partial charge >= 0.3 is 5.97 Å². The number of aromatic nitrogens is 1. The van der Waals surface area contributed by atoms with E-state index in [9.17, 15) is 9.59 Å². The number of carbonyl (C=O) groups is 1. The van der Waals surface area contributed by atoms with Crippen molar-refractivity contribution in [3.63, 3.8) is 0 Å². The van der Waals surface area contributed by atoms with Crippen LogP contribution in [0.15, 0.2) is 41.1 Å². The van der Waals surface area contributed by atoms with Crippen LogP contribution >= 0.6 is 11.8 Å². The van der Waals surface area contributed by atoms with Gasteiger partial charge in [0.25, 0.3) is 0 Å². The van der Waals surface area contributed by atoms with Gasteiger partial charge in [-0.2, -0.15) is 5.06 Å². The molecular weight excluding hydrogens is 270 g/mol. The quantitative estimate of drug-likeness (QED) is 0.777. The summed E-state index contributed by atoms with van der Waals surface area (Å²) >= 11 is 6.10. The monoisotopic (exact) mass is 279 g/mol. The van der Waals surface area contributed by atoms with Crippen molar-refractivity contribution < 1.29 is 9.63 Å². The Kier molecular flexibility index (Phi) is 2.60. The van der Waals surface area contributed by atoms with E-state index in [0.717, 1.165) is 5.70 Å². The fraction of sp³-hybridized carbons (Fsp3) is 0.167. The third-order valence-corrected chi connectivity index (χ3v) is 3.12. The molecule has 1 aromatic heterocycles. The SMILES string of the molecule is CC(=O)ON1C=C2C=CCN2c2c1c(=O)ccn2Cl. The van der Waals surface area contributed by atoms with Crippen molar-refractivity contribution >= 4 is 29.3 Å². The van der Waals surface area contributed by atoms with Crippen molar-refractivity contribution in [1.82, 2.24) is 4.09 Å². The number of hydrogen-bond acceptors (Lipinski definition) is 5. The Hall–Kier alpha value is -2.21. The average Bonchev–Trinajstić information content (AvgIpc) is 2.80. The molecule has 2 aliphatic rings. The summed E-state index contributed by atoms with van der Waals surface area (Å²) in [6, 6.07) is 1.32. The normalized spacial score (nSPS) is 16.0. The zero-order chi connectivity index (χ0) is 13.6. The Bertz CT molecular complexity index is 677. The van der Waals surface area contributed by atoms with Crippen molar-refractivity contribution in [2.45, 2.75) is 6.92 Å². The van der Waals surface area contributed by atoms with Crippen LogP contribution in [0.4, 0.5) is 11.5 Å².